The summed E-state index contributed by atoms with van der Waals surface area (Å²) in [5, 5.41) is 3.26. The minimum absolute atomic E-state index is 0.0615. The van der Waals surface area contributed by atoms with Crippen molar-refractivity contribution in [1.29, 1.82) is 0 Å². The molecular formula is C20H23NO. The number of rotatable bonds is 4. The molecule has 0 aromatic heterocycles. The average molecular weight is 293 g/mol. The highest BCUT2D eigenvalue weighted by Gasteiger charge is 2.27. The molecule has 0 unspecified atom stereocenters. The fourth-order valence-electron chi connectivity index (χ4n) is 2.88. The summed E-state index contributed by atoms with van der Waals surface area (Å²) < 4.78 is 0. The standard InChI is InChI=1S/C20H23NO/c1-14-11-12-18(13-15(14)2)19(16-7-4-3-5-8-16)21-20(22)17-9-6-10-17/h3-5,7-8,11-13,17,19H,6,9-10H2,1-2H3,(H,21,22)/t19-/m1/s1. The Morgan fingerprint density at radius 3 is 2.32 bits per heavy atom. The molecule has 1 fully saturated rings. The van der Waals surface area contributed by atoms with Crippen molar-refractivity contribution in [2.24, 2.45) is 5.92 Å². The summed E-state index contributed by atoms with van der Waals surface area (Å²) in [6.07, 6.45) is 3.23. The van der Waals surface area contributed by atoms with E-state index in [2.05, 4.69) is 49.5 Å². The van der Waals surface area contributed by atoms with Crippen molar-refractivity contribution < 1.29 is 4.79 Å². The quantitative estimate of drug-likeness (QED) is 0.894. The van der Waals surface area contributed by atoms with Gasteiger partial charge in [0.1, 0.15) is 0 Å². The Hall–Kier alpha value is -2.09. The first-order valence-electron chi connectivity index (χ1n) is 8.07. The Bertz CT molecular complexity index is 659. The molecule has 0 saturated heterocycles. The number of amides is 1. The van der Waals surface area contributed by atoms with Gasteiger partial charge >= 0.3 is 0 Å². The molecule has 1 amide bonds. The number of benzene rings is 2. The van der Waals surface area contributed by atoms with Gasteiger partial charge in [-0.25, -0.2) is 0 Å². The van der Waals surface area contributed by atoms with E-state index in [0.717, 1.165) is 24.0 Å². The van der Waals surface area contributed by atoms with Crippen molar-refractivity contribution in [1.82, 2.24) is 5.32 Å². The van der Waals surface area contributed by atoms with Crippen LogP contribution in [0.25, 0.3) is 0 Å². The van der Waals surface area contributed by atoms with Crippen LogP contribution in [-0.4, -0.2) is 5.91 Å². The zero-order valence-electron chi connectivity index (χ0n) is 13.3. The Labute approximate surface area is 132 Å². The number of hydrogen-bond acceptors (Lipinski definition) is 1. The SMILES string of the molecule is Cc1ccc([C@H](NC(=O)C2CCC2)c2ccccc2)cc1C. The van der Waals surface area contributed by atoms with Crippen LogP contribution in [0.2, 0.25) is 0 Å². The minimum atomic E-state index is -0.0615. The Morgan fingerprint density at radius 1 is 1.00 bits per heavy atom. The van der Waals surface area contributed by atoms with Crippen LogP contribution in [0, 0.1) is 19.8 Å². The molecule has 2 heteroatoms. The van der Waals surface area contributed by atoms with E-state index in [0.29, 0.717) is 0 Å². The highest BCUT2D eigenvalue weighted by atomic mass is 16.2. The lowest BCUT2D eigenvalue weighted by atomic mass is 9.84. The van der Waals surface area contributed by atoms with Gasteiger partial charge < -0.3 is 5.32 Å². The summed E-state index contributed by atoms with van der Waals surface area (Å²) in [5.74, 6) is 0.399. The zero-order valence-corrected chi connectivity index (χ0v) is 13.3. The summed E-state index contributed by atoms with van der Waals surface area (Å²) in [5.41, 5.74) is 4.83. The molecule has 0 spiro atoms. The van der Waals surface area contributed by atoms with Gasteiger partial charge in [-0.15, -0.1) is 0 Å². The zero-order chi connectivity index (χ0) is 15.5. The van der Waals surface area contributed by atoms with Crippen molar-refractivity contribution >= 4 is 5.91 Å². The van der Waals surface area contributed by atoms with Crippen molar-refractivity contribution in [2.45, 2.75) is 39.2 Å². The molecule has 2 aromatic rings. The van der Waals surface area contributed by atoms with E-state index in [1.165, 1.54) is 17.5 Å². The highest BCUT2D eigenvalue weighted by molar-refractivity contribution is 5.80. The van der Waals surface area contributed by atoms with Crippen LogP contribution in [0.1, 0.15) is 47.6 Å². The van der Waals surface area contributed by atoms with Gasteiger partial charge in [-0.05, 0) is 48.9 Å². The molecule has 1 saturated carbocycles. The fourth-order valence-corrected chi connectivity index (χ4v) is 2.88. The Balaban J connectivity index is 1.91. The first kappa shape index (κ1) is 14.8. The number of nitrogens with one attached hydrogen (secondary N) is 1. The molecule has 0 radical (unpaired) electrons. The van der Waals surface area contributed by atoms with Gasteiger partial charge in [0.05, 0.1) is 6.04 Å². The summed E-state index contributed by atoms with van der Waals surface area (Å²) >= 11 is 0. The molecule has 1 aliphatic carbocycles. The predicted octanol–water partition coefficient (Wildman–Crippen LogP) is 4.31. The van der Waals surface area contributed by atoms with Gasteiger partial charge in [-0.2, -0.15) is 0 Å². The average Bonchev–Trinajstić information content (AvgIpc) is 2.47. The van der Waals surface area contributed by atoms with Crippen LogP contribution in [0.3, 0.4) is 0 Å². The number of hydrogen-bond donors (Lipinski definition) is 1. The van der Waals surface area contributed by atoms with Crippen molar-refractivity contribution in [3.05, 3.63) is 70.8 Å². The molecular weight excluding hydrogens is 270 g/mol. The second-order valence-corrected chi connectivity index (χ2v) is 6.32. The number of aryl methyl sites for hydroxylation is 2. The number of carbonyl (C=O) groups excluding carboxylic acids is 1. The van der Waals surface area contributed by atoms with Crippen molar-refractivity contribution in [2.75, 3.05) is 0 Å². The number of carbonyl (C=O) groups is 1. The monoisotopic (exact) mass is 293 g/mol. The van der Waals surface area contributed by atoms with Crippen LogP contribution in [0.15, 0.2) is 48.5 Å². The van der Waals surface area contributed by atoms with Gasteiger partial charge in [-0.3, -0.25) is 4.79 Å². The van der Waals surface area contributed by atoms with E-state index in [9.17, 15) is 4.79 Å². The van der Waals surface area contributed by atoms with Crippen LogP contribution in [-0.2, 0) is 4.79 Å². The van der Waals surface area contributed by atoms with Gasteiger partial charge in [0.25, 0.3) is 0 Å². The third kappa shape index (κ3) is 3.06. The first-order valence-corrected chi connectivity index (χ1v) is 8.07. The third-order valence-electron chi connectivity index (χ3n) is 4.76. The molecule has 0 aliphatic heterocycles. The van der Waals surface area contributed by atoms with Gasteiger partial charge in [0.2, 0.25) is 5.91 Å². The highest BCUT2D eigenvalue weighted by Crippen LogP contribution is 2.29. The van der Waals surface area contributed by atoms with Crippen LogP contribution in [0.5, 0.6) is 0 Å². The Morgan fingerprint density at radius 2 is 1.73 bits per heavy atom. The molecule has 1 N–H and O–H groups in total. The first-order chi connectivity index (χ1) is 10.6. The van der Waals surface area contributed by atoms with Crippen molar-refractivity contribution in [3.63, 3.8) is 0 Å². The molecule has 1 atom stereocenters. The molecule has 0 bridgehead atoms. The van der Waals surface area contributed by atoms with E-state index in [1.807, 2.05) is 18.2 Å². The molecule has 2 nitrogen and oxygen atoms in total. The second kappa shape index (κ2) is 6.35. The summed E-state index contributed by atoms with van der Waals surface area (Å²) in [7, 11) is 0. The fraction of sp³-hybridized carbons (Fsp3) is 0.350. The second-order valence-electron chi connectivity index (χ2n) is 6.32. The Kier molecular flexibility index (Phi) is 4.28. The van der Waals surface area contributed by atoms with E-state index < -0.39 is 0 Å². The lowest BCUT2D eigenvalue weighted by Gasteiger charge is -2.28. The van der Waals surface area contributed by atoms with Gasteiger partial charge in [0, 0.05) is 5.92 Å². The maximum Gasteiger partial charge on any atom is 0.223 e. The maximum atomic E-state index is 12.4. The molecule has 22 heavy (non-hydrogen) atoms. The largest absolute Gasteiger partial charge is 0.345 e. The van der Waals surface area contributed by atoms with E-state index >= 15 is 0 Å². The third-order valence-corrected chi connectivity index (χ3v) is 4.76. The molecule has 2 aromatic carbocycles. The normalized spacial score (nSPS) is 15.9. The van der Waals surface area contributed by atoms with Crippen molar-refractivity contribution in [3.8, 4) is 0 Å². The van der Waals surface area contributed by atoms with E-state index in [-0.39, 0.29) is 17.9 Å². The van der Waals surface area contributed by atoms with E-state index in [1.54, 1.807) is 0 Å². The lowest BCUT2D eigenvalue weighted by Crippen LogP contribution is -2.37. The van der Waals surface area contributed by atoms with Crippen LogP contribution in [0.4, 0.5) is 0 Å². The van der Waals surface area contributed by atoms with Crippen LogP contribution >= 0.6 is 0 Å². The molecule has 114 valence electrons. The summed E-state index contributed by atoms with van der Waals surface area (Å²) in [6.45, 7) is 4.23. The van der Waals surface area contributed by atoms with Crippen LogP contribution < -0.4 is 5.32 Å². The molecule has 3 rings (SSSR count). The topological polar surface area (TPSA) is 29.1 Å². The summed E-state index contributed by atoms with van der Waals surface area (Å²) in [6, 6.07) is 16.6. The predicted molar refractivity (Wildman–Crippen MR) is 89.7 cm³/mol. The molecule has 0 heterocycles. The maximum absolute atomic E-state index is 12.4. The smallest absolute Gasteiger partial charge is 0.223 e. The van der Waals surface area contributed by atoms with E-state index in [4.69, 9.17) is 0 Å². The molecule has 1 aliphatic rings. The minimum Gasteiger partial charge on any atom is -0.345 e. The van der Waals surface area contributed by atoms with Gasteiger partial charge in [0.15, 0.2) is 0 Å². The summed E-state index contributed by atoms with van der Waals surface area (Å²) in [4.78, 5) is 12.4. The lowest BCUT2D eigenvalue weighted by molar-refractivity contribution is -0.127. The van der Waals surface area contributed by atoms with Gasteiger partial charge in [-0.1, -0.05) is 55.0 Å².